The summed E-state index contributed by atoms with van der Waals surface area (Å²) in [5.41, 5.74) is 2.34. The molecule has 2 amide bonds. The highest BCUT2D eigenvalue weighted by molar-refractivity contribution is 7.13. The lowest BCUT2D eigenvalue weighted by Gasteiger charge is -2.40. The molecule has 9 nitrogen and oxygen atoms in total. The third-order valence-corrected chi connectivity index (χ3v) is 7.15. The second-order valence-electron chi connectivity index (χ2n) is 9.93. The first kappa shape index (κ1) is 22.6. The van der Waals surface area contributed by atoms with Crippen LogP contribution in [-0.2, 0) is 9.53 Å². The van der Waals surface area contributed by atoms with Gasteiger partial charge in [0.15, 0.2) is 5.58 Å². The van der Waals surface area contributed by atoms with Crippen molar-refractivity contribution in [2.24, 2.45) is 0 Å². The maximum atomic E-state index is 12.8. The van der Waals surface area contributed by atoms with E-state index in [0.29, 0.717) is 30.2 Å². The van der Waals surface area contributed by atoms with E-state index in [4.69, 9.17) is 14.1 Å². The predicted molar refractivity (Wildman–Crippen MR) is 131 cm³/mol. The minimum absolute atomic E-state index is 0.0569. The molecule has 0 radical (unpaired) electrons. The number of anilines is 2. The lowest BCUT2D eigenvalue weighted by molar-refractivity contribution is -0.116. The molecule has 2 aliphatic heterocycles. The van der Waals surface area contributed by atoms with Crippen molar-refractivity contribution in [3.63, 3.8) is 0 Å². The summed E-state index contributed by atoms with van der Waals surface area (Å²) < 4.78 is 12.0. The molecule has 2 aromatic heterocycles. The van der Waals surface area contributed by atoms with Gasteiger partial charge in [0.2, 0.25) is 5.91 Å². The molecule has 10 heteroatoms. The monoisotopic (exact) mass is 483 g/mol. The smallest absolute Gasteiger partial charge is 0.410 e. The Morgan fingerprint density at radius 2 is 1.91 bits per heavy atom. The molecule has 2 aliphatic rings. The third-order valence-electron chi connectivity index (χ3n) is 6.34. The molecule has 1 aromatic carbocycles. The van der Waals surface area contributed by atoms with Gasteiger partial charge in [-0.3, -0.25) is 9.69 Å². The highest BCUT2D eigenvalue weighted by Gasteiger charge is 2.45. The van der Waals surface area contributed by atoms with Crippen molar-refractivity contribution in [2.45, 2.75) is 58.2 Å². The summed E-state index contributed by atoms with van der Waals surface area (Å²) in [4.78, 5) is 39.6. The number of carbonyl (C=O) groups excluding carboxylic acids is 2. The van der Waals surface area contributed by atoms with Gasteiger partial charge in [0, 0.05) is 44.3 Å². The van der Waals surface area contributed by atoms with Crippen LogP contribution in [0.3, 0.4) is 0 Å². The number of nitrogens with zero attached hydrogens (tertiary/aromatic N) is 5. The molecule has 180 valence electrons. The number of rotatable bonds is 3. The van der Waals surface area contributed by atoms with Crippen molar-refractivity contribution in [1.82, 2.24) is 14.9 Å². The molecule has 2 saturated heterocycles. The average Bonchev–Trinajstić information content (AvgIpc) is 3.49. The van der Waals surface area contributed by atoms with E-state index in [9.17, 15) is 9.59 Å². The number of hydrogen-bond acceptors (Lipinski definition) is 8. The van der Waals surface area contributed by atoms with Crippen LogP contribution >= 0.6 is 11.3 Å². The van der Waals surface area contributed by atoms with Crippen molar-refractivity contribution >= 4 is 46.1 Å². The topological polar surface area (TPSA) is 92.0 Å². The van der Waals surface area contributed by atoms with E-state index in [1.807, 2.05) is 43.2 Å². The Bertz CT molecular complexity index is 1220. The molecular weight excluding hydrogens is 454 g/mol. The maximum Gasteiger partial charge on any atom is 0.410 e. The number of hydrogen-bond donors (Lipinski definition) is 0. The SMILES string of the molecule is CC(=O)N(C)c1cc(-c2nccs2)c2oc(N3CC4CCC(C3)N4C(=O)OC(C)(C)C)nc2c1. The van der Waals surface area contributed by atoms with Gasteiger partial charge in [-0.1, -0.05) is 0 Å². The van der Waals surface area contributed by atoms with Crippen LogP contribution in [-0.4, -0.2) is 64.7 Å². The van der Waals surface area contributed by atoms with E-state index in [1.54, 1.807) is 18.1 Å². The van der Waals surface area contributed by atoms with Gasteiger partial charge < -0.3 is 19.0 Å². The number of amides is 2. The number of carbonyl (C=O) groups is 2. The molecular formula is C24H29N5O4S. The molecule has 0 saturated carbocycles. The van der Waals surface area contributed by atoms with Crippen LogP contribution in [0.15, 0.2) is 28.1 Å². The summed E-state index contributed by atoms with van der Waals surface area (Å²) in [6.07, 6.45) is 3.36. The zero-order valence-corrected chi connectivity index (χ0v) is 20.9. The van der Waals surface area contributed by atoms with Crippen molar-refractivity contribution in [2.75, 3.05) is 29.9 Å². The van der Waals surface area contributed by atoms with Gasteiger partial charge in [0.25, 0.3) is 6.01 Å². The average molecular weight is 484 g/mol. The Balaban J connectivity index is 1.47. The Labute approximate surface area is 202 Å². The summed E-state index contributed by atoms with van der Waals surface area (Å²) in [6, 6.07) is 4.42. The standard InChI is InChI=1S/C24H29N5O4S/c1-14(30)27(5)17-10-18(21-25-8-9-34-21)20-19(11-17)26-22(32-20)28-12-15-6-7-16(13-28)29(15)23(31)33-24(2,3)4/h8-11,15-16H,6-7,12-13H2,1-5H3. The highest BCUT2D eigenvalue weighted by atomic mass is 32.1. The number of thiazole rings is 1. The largest absolute Gasteiger partial charge is 0.444 e. The van der Waals surface area contributed by atoms with E-state index < -0.39 is 5.60 Å². The maximum absolute atomic E-state index is 12.8. The van der Waals surface area contributed by atoms with Crippen LogP contribution in [0.25, 0.3) is 21.7 Å². The summed E-state index contributed by atoms with van der Waals surface area (Å²) in [7, 11) is 1.74. The van der Waals surface area contributed by atoms with E-state index in [1.165, 1.54) is 18.3 Å². The van der Waals surface area contributed by atoms with Gasteiger partial charge in [0.05, 0.1) is 17.6 Å². The van der Waals surface area contributed by atoms with Gasteiger partial charge >= 0.3 is 6.09 Å². The van der Waals surface area contributed by atoms with Crippen molar-refractivity contribution in [1.29, 1.82) is 0 Å². The molecule has 0 spiro atoms. The highest BCUT2D eigenvalue weighted by Crippen LogP contribution is 2.39. The molecule has 2 bridgehead atoms. The fourth-order valence-corrected chi connectivity index (χ4v) is 5.35. The lowest BCUT2D eigenvalue weighted by atomic mass is 10.1. The number of aromatic nitrogens is 2. The van der Waals surface area contributed by atoms with Crippen LogP contribution in [0, 0.1) is 0 Å². The summed E-state index contributed by atoms with van der Waals surface area (Å²) in [6.45, 7) is 8.46. The third kappa shape index (κ3) is 4.11. The summed E-state index contributed by atoms with van der Waals surface area (Å²) in [5.74, 6) is -0.0667. The fraction of sp³-hybridized carbons (Fsp3) is 0.500. The quantitative estimate of drug-likeness (QED) is 0.541. The summed E-state index contributed by atoms with van der Waals surface area (Å²) in [5, 5.41) is 2.72. The lowest BCUT2D eigenvalue weighted by Crippen LogP contribution is -2.56. The van der Waals surface area contributed by atoms with E-state index in [2.05, 4.69) is 9.88 Å². The Morgan fingerprint density at radius 3 is 2.50 bits per heavy atom. The minimum Gasteiger partial charge on any atom is -0.444 e. The van der Waals surface area contributed by atoms with Crippen molar-refractivity contribution < 1.29 is 18.7 Å². The molecule has 3 aromatic rings. The molecule has 2 unspecified atom stereocenters. The zero-order valence-electron chi connectivity index (χ0n) is 20.1. The van der Waals surface area contributed by atoms with E-state index in [-0.39, 0.29) is 24.1 Å². The number of piperazine rings is 1. The second-order valence-corrected chi connectivity index (χ2v) is 10.8. The van der Waals surface area contributed by atoms with Gasteiger partial charge in [-0.2, -0.15) is 4.98 Å². The molecule has 2 fully saturated rings. The van der Waals surface area contributed by atoms with Gasteiger partial charge in [-0.25, -0.2) is 9.78 Å². The normalized spacial score (nSPS) is 20.1. The molecule has 5 rings (SSSR count). The zero-order chi connectivity index (χ0) is 24.2. The predicted octanol–water partition coefficient (Wildman–Crippen LogP) is 4.52. The van der Waals surface area contributed by atoms with Gasteiger partial charge in [-0.15, -0.1) is 11.3 Å². The van der Waals surface area contributed by atoms with Crippen LogP contribution in [0.5, 0.6) is 0 Å². The van der Waals surface area contributed by atoms with Crippen LogP contribution < -0.4 is 9.80 Å². The Kier molecular flexibility index (Phi) is 5.50. The number of oxazole rings is 1. The molecule has 2 atom stereocenters. The Morgan fingerprint density at radius 1 is 1.21 bits per heavy atom. The molecule has 0 aliphatic carbocycles. The van der Waals surface area contributed by atoms with E-state index >= 15 is 0 Å². The molecule has 4 heterocycles. The summed E-state index contributed by atoms with van der Waals surface area (Å²) >= 11 is 1.51. The minimum atomic E-state index is -0.523. The van der Waals surface area contributed by atoms with Crippen molar-refractivity contribution in [3.05, 3.63) is 23.7 Å². The van der Waals surface area contributed by atoms with Crippen LogP contribution in [0.1, 0.15) is 40.5 Å². The fourth-order valence-electron chi connectivity index (χ4n) is 4.70. The first-order chi connectivity index (χ1) is 16.1. The first-order valence-corrected chi connectivity index (χ1v) is 12.3. The van der Waals surface area contributed by atoms with Crippen LogP contribution in [0.4, 0.5) is 16.5 Å². The number of fused-ring (bicyclic) bond motifs is 3. The van der Waals surface area contributed by atoms with Crippen LogP contribution in [0.2, 0.25) is 0 Å². The van der Waals surface area contributed by atoms with Crippen molar-refractivity contribution in [3.8, 4) is 10.6 Å². The molecule has 0 N–H and O–H groups in total. The molecule has 34 heavy (non-hydrogen) atoms. The number of ether oxygens (including phenoxy) is 1. The Hall–Kier alpha value is -3.14. The van der Waals surface area contributed by atoms with Gasteiger partial charge in [0.1, 0.15) is 16.1 Å². The second kappa shape index (κ2) is 8.26. The number of benzene rings is 1. The van der Waals surface area contributed by atoms with Gasteiger partial charge in [-0.05, 0) is 45.7 Å². The first-order valence-electron chi connectivity index (χ1n) is 11.5. The van der Waals surface area contributed by atoms with E-state index in [0.717, 1.165) is 29.1 Å².